The summed E-state index contributed by atoms with van der Waals surface area (Å²) in [5.74, 6) is -0.0672. The molecule has 0 heterocycles. The predicted octanol–water partition coefficient (Wildman–Crippen LogP) is 12.3. The molecule has 0 unspecified atom stereocenters. The van der Waals surface area contributed by atoms with Crippen LogP contribution in [0.25, 0.3) is 0 Å². The number of rotatable bonds is 24. The van der Waals surface area contributed by atoms with Crippen LogP contribution in [0.15, 0.2) is 83.1 Å². The second-order valence-corrected chi connectivity index (χ2v) is 11.4. The average Bonchev–Trinajstić information content (AvgIpc) is 2.90. The van der Waals surface area contributed by atoms with Gasteiger partial charge in [-0.15, -0.1) is 0 Å². The maximum absolute atomic E-state index is 12.0. The van der Waals surface area contributed by atoms with Crippen molar-refractivity contribution in [3.63, 3.8) is 0 Å². The van der Waals surface area contributed by atoms with E-state index in [1.165, 1.54) is 60.8 Å². The number of esters is 1. The number of hydrogen-bond acceptors (Lipinski definition) is 2. The summed E-state index contributed by atoms with van der Waals surface area (Å²) in [7, 11) is 0. The average molecular weight is 551 g/mol. The highest BCUT2D eigenvalue weighted by Gasteiger charge is 2.02. The highest BCUT2D eigenvalue weighted by Crippen LogP contribution is 2.14. The maximum Gasteiger partial charge on any atom is 0.306 e. The van der Waals surface area contributed by atoms with Crippen molar-refractivity contribution in [2.24, 2.45) is 0 Å². The van der Waals surface area contributed by atoms with Crippen LogP contribution in [0.1, 0.15) is 144 Å². The van der Waals surface area contributed by atoms with Crippen molar-refractivity contribution in [3.05, 3.63) is 83.1 Å². The monoisotopic (exact) mass is 550 g/mol. The molecule has 0 spiro atoms. The summed E-state index contributed by atoms with van der Waals surface area (Å²) in [5.41, 5.74) is 5.65. The van der Waals surface area contributed by atoms with E-state index in [1.54, 1.807) is 0 Å². The van der Waals surface area contributed by atoms with Crippen LogP contribution in [0.5, 0.6) is 0 Å². The summed E-state index contributed by atoms with van der Waals surface area (Å²) in [4.78, 5) is 12.0. The van der Waals surface area contributed by atoms with Gasteiger partial charge in [0.05, 0.1) is 0 Å². The van der Waals surface area contributed by atoms with E-state index in [2.05, 4.69) is 102 Å². The van der Waals surface area contributed by atoms with Gasteiger partial charge in [0, 0.05) is 6.42 Å². The van der Waals surface area contributed by atoms with Crippen LogP contribution in [-0.2, 0) is 9.53 Å². The molecule has 0 amide bonds. The van der Waals surface area contributed by atoms with Crippen molar-refractivity contribution in [2.75, 3.05) is 6.61 Å². The summed E-state index contributed by atoms with van der Waals surface area (Å²) in [6.45, 7) is 13.6. The molecule has 0 fully saturated rings. The molecule has 0 rings (SSSR count). The largest absolute Gasteiger partial charge is 0.461 e. The molecule has 0 saturated heterocycles. The fourth-order valence-corrected chi connectivity index (χ4v) is 4.20. The van der Waals surface area contributed by atoms with E-state index in [0.717, 1.165) is 57.8 Å². The van der Waals surface area contributed by atoms with Gasteiger partial charge in [-0.25, -0.2) is 0 Å². The van der Waals surface area contributed by atoms with Gasteiger partial charge in [0.25, 0.3) is 0 Å². The molecule has 0 aliphatic heterocycles. The number of carbonyl (C=O) groups excluding carboxylic acids is 1. The first-order valence-corrected chi connectivity index (χ1v) is 16.1. The van der Waals surface area contributed by atoms with E-state index in [0.29, 0.717) is 13.0 Å². The Labute approximate surface area is 249 Å². The lowest BCUT2D eigenvalue weighted by Gasteiger charge is -2.04. The Kier molecular flexibility index (Phi) is 26.5. The zero-order valence-corrected chi connectivity index (χ0v) is 27.1. The highest BCUT2D eigenvalue weighted by atomic mass is 16.5. The van der Waals surface area contributed by atoms with Crippen LogP contribution in [-0.4, -0.2) is 12.6 Å². The van der Waals surface area contributed by atoms with E-state index >= 15 is 0 Å². The number of unbranched alkanes of at least 4 members (excludes halogenated alkanes) is 7. The second kappa shape index (κ2) is 28.2. The molecule has 0 saturated carbocycles. The van der Waals surface area contributed by atoms with Crippen LogP contribution in [0, 0.1) is 0 Å². The van der Waals surface area contributed by atoms with E-state index in [1.807, 2.05) is 0 Å². The molecular weight excluding hydrogens is 488 g/mol. The van der Waals surface area contributed by atoms with Crippen molar-refractivity contribution in [3.8, 4) is 0 Å². The molecular formula is C38H62O2. The smallest absolute Gasteiger partial charge is 0.306 e. The molecule has 0 aliphatic carbocycles. The molecule has 0 N–H and O–H groups in total. The van der Waals surface area contributed by atoms with Gasteiger partial charge in [-0.05, 0) is 105 Å². The van der Waals surface area contributed by atoms with Crippen LogP contribution in [0.3, 0.4) is 0 Å². The number of allylic oxidation sites excluding steroid dienone is 13. The van der Waals surface area contributed by atoms with Gasteiger partial charge in [-0.1, -0.05) is 116 Å². The van der Waals surface area contributed by atoms with Crippen molar-refractivity contribution in [1.82, 2.24) is 0 Å². The zero-order chi connectivity index (χ0) is 29.7. The van der Waals surface area contributed by atoms with Crippen LogP contribution in [0.4, 0.5) is 0 Å². The van der Waals surface area contributed by atoms with Gasteiger partial charge >= 0.3 is 5.97 Å². The van der Waals surface area contributed by atoms with E-state index in [4.69, 9.17) is 4.74 Å². The van der Waals surface area contributed by atoms with Gasteiger partial charge < -0.3 is 4.74 Å². The molecule has 0 aromatic carbocycles. The molecule has 2 nitrogen and oxygen atoms in total. The number of carbonyl (C=O) groups is 1. The standard InChI is InChI=1S/C38H62O2/c1-7-8-9-10-11-12-13-14-15-16-17-18-19-20-21-31-38(39)40-33-32-37(6)30-24-29-36(5)28-23-27-35(4)26-22-25-34(2)3/h10-15,25,27,29,32H,7-9,16-24,26,28,30-31,33H2,1-6H3/b11-10+,13-12+,15-14-,35-27+,36-29?,37-32+. The summed E-state index contributed by atoms with van der Waals surface area (Å²) in [6.07, 6.45) is 39.8. The second-order valence-electron chi connectivity index (χ2n) is 11.4. The lowest BCUT2D eigenvalue weighted by molar-refractivity contribution is -0.142. The summed E-state index contributed by atoms with van der Waals surface area (Å²) >= 11 is 0. The van der Waals surface area contributed by atoms with Gasteiger partial charge in [0.1, 0.15) is 6.61 Å². The number of ether oxygens (including phenoxy) is 1. The van der Waals surface area contributed by atoms with Gasteiger partial charge in [0.15, 0.2) is 0 Å². The maximum atomic E-state index is 12.0. The van der Waals surface area contributed by atoms with Gasteiger partial charge in [-0.3, -0.25) is 4.79 Å². The fourth-order valence-electron chi connectivity index (χ4n) is 4.20. The SMILES string of the molecule is CCCC/C=C/C=C/C=C\CCCCCCCC(=O)OC/C=C(\C)CCC=C(C)CC/C=C(\C)CCC=C(C)C. The molecule has 0 aromatic heterocycles. The molecule has 0 aliphatic rings. The fraction of sp³-hybridized carbons (Fsp3) is 0.605. The van der Waals surface area contributed by atoms with Crippen molar-refractivity contribution >= 4 is 5.97 Å². The summed E-state index contributed by atoms with van der Waals surface area (Å²) < 4.78 is 5.41. The quantitative estimate of drug-likeness (QED) is 0.0517. The minimum absolute atomic E-state index is 0.0672. The first-order chi connectivity index (χ1) is 19.3. The van der Waals surface area contributed by atoms with E-state index in [9.17, 15) is 4.79 Å². The van der Waals surface area contributed by atoms with Crippen molar-refractivity contribution in [2.45, 2.75) is 144 Å². The third kappa shape index (κ3) is 28.7. The van der Waals surface area contributed by atoms with Crippen molar-refractivity contribution < 1.29 is 9.53 Å². The minimum atomic E-state index is -0.0672. The van der Waals surface area contributed by atoms with Crippen LogP contribution < -0.4 is 0 Å². The molecule has 0 radical (unpaired) electrons. The predicted molar refractivity (Wildman–Crippen MR) is 179 cm³/mol. The lowest BCUT2D eigenvalue weighted by Crippen LogP contribution is -2.04. The Hall–Kier alpha value is -2.35. The third-order valence-electron chi connectivity index (χ3n) is 6.91. The molecule has 0 aromatic rings. The zero-order valence-electron chi connectivity index (χ0n) is 27.1. The summed E-state index contributed by atoms with van der Waals surface area (Å²) in [5, 5.41) is 0. The van der Waals surface area contributed by atoms with E-state index in [-0.39, 0.29) is 5.97 Å². The Balaban J connectivity index is 3.79. The topological polar surface area (TPSA) is 26.3 Å². The Bertz CT molecular complexity index is 841. The summed E-state index contributed by atoms with van der Waals surface area (Å²) in [6, 6.07) is 0. The molecule has 40 heavy (non-hydrogen) atoms. The first-order valence-electron chi connectivity index (χ1n) is 16.1. The van der Waals surface area contributed by atoms with Gasteiger partial charge in [-0.2, -0.15) is 0 Å². The number of hydrogen-bond donors (Lipinski definition) is 0. The van der Waals surface area contributed by atoms with E-state index < -0.39 is 0 Å². The Morgan fingerprint density at radius 3 is 1.60 bits per heavy atom. The lowest BCUT2D eigenvalue weighted by atomic mass is 10.0. The van der Waals surface area contributed by atoms with Crippen molar-refractivity contribution in [1.29, 1.82) is 0 Å². The third-order valence-corrected chi connectivity index (χ3v) is 6.91. The molecule has 226 valence electrons. The molecule has 0 atom stereocenters. The molecule has 0 bridgehead atoms. The minimum Gasteiger partial charge on any atom is -0.461 e. The molecule has 2 heteroatoms. The van der Waals surface area contributed by atoms with Crippen LogP contribution >= 0.6 is 0 Å². The first kappa shape index (κ1) is 37.6. The highest BCUT2D eigenvalue weighted by molar-refractivity contribution is 5.69. The van der Waals surface area contributed by atoms with Crippen LogP contribution in [0.2, 0.25) is 0 Å². The normalized spacial score (nSPS) is 13.2. The van der Waals surface area contributed by atoms with Gasteiger partial charge in [0.2, 0.25) is 0 Å². The Morgan fingerprint density at radius 1 is 0.525 bits per heavy atom. The Morgan fingerprint density at radius 2 is 1.02 bits per heavy atom.